The molecule has 7 fully saturated rings. The fourth-order valence-electron chi connectivity index (χ4n) is 14.9. The third-order valence-electron chi connectivity index (χ3n) is 19.9. The lowest BCUT2D eigenvalue weighted by atomic mass is 9.44. The maximum atomic E-state index is 13.7. The van der Waals surface area contributed by atoms with Crippen LogP contribution in [0.1, 0.15) is 133 Å². The zero-order chi connectivity index (χ0) is 56.8. The molecule has 3 saturated carbocycles. The van der Waals surface area contributed by atoms with E-state index in [0.29, 0.717) is 56.1 Å². The Balaban J connectivity index is 0.871. The van der Waals surface area contributed by atoms with Gasteiger partial charge < -0.3 is 87.1 Å². The van der Waals surface area contributed by atoms with Crippen molar-refractivity contribution in [3.63, 3.8) is 0 Å². The van der Waals surface area contributed by atoms with Crippen LogP contribution in [-0.2, 0) is 71.2 Å². The Bertz CT molecular complexity index is 2150. The minimum Gasteiger partial charge on any atom is -0.459 e. The summed E-state index contributed by atoms with van der Waals surface area (Å²) < 4.78 is 81.5. The lowest BCUT2D eigenvalue weighted by molar-refractivity contribution is -0.357. The van der Waals surface area contributed by atoms with E-state index in [2.05, 4.69) is 19.9 Å². The molecule has 4 aliphatic carbocycles. The van der Waals surface area contributed by atoms with Crippen molar-refractivity contribution in [3.8, 4) is 0 Å². The number of hydrogen-bond acceptors (Lipinski definition) is 20. The fraction of sp³-hybridized carbons (Fsp3) is 0.862. The quantitative estimate of drug-likeness (QED) is 0.0741. The first-order valence-electron chi connectivity index (χ1n) is 28.6. The van der Waals surface area contributed by atoms with Gasteiger partial charge in [-0.3, -0.25) is 0 Å². The number of allylic oxidation sites excluding steroid dienone is 3. The first-order valence-corrected chi connectivity index (χ1v) is 28.6. The summed E-state index contributed by atoms with van der Waals surface area (Å²) >= 11 is 0. The minimum absolute atomic E-state index is 0.0316. The molecule has 20 heteroatoms. The van der Waals surface area contributed by atoms with Gasteiger partial charge in [0.1, 0.15) is 54.9 Å². The highest BCUT2D eigenvalue weighted by Gasteiger charge is 2.72. The second-order valence-corrected chi connectivity index (χ2v) is 24.0. The molecule has 8 aliphatic rings. The zero-order valence-electron chi connectivity index (χ0n) is 48.1. The molecule has 0 amide bonds. The summed E-state index contributed by atoms with van der Waals surface area (Å²) in [5.74, 6) is -1.06. The van der Waals surface area contributed by atoms with Crippen LogP contribution in [0.15, 0.2) is 34.9 Å². The number of aliphatic hydroxyl groups is 5. The van der Waals surface area contributed by atoms with Crippen molar-refractivity contribution in [2.45, 2.75) is 262 Å². The van der Waals surface area contributed by atoms with Gasteiger partial charge in [0.2, 0.25) is 0 Å². The van der Waals surface area contributed by atoms with E-state index in [0.717, 1.165) is 12.8 Å². The molecule has 4 saturated heterocycles. The van der Waals surface area contributed by atoms with Crippen molar-refractivity contribution >= 4 is 11.9 Å². The smallest absolute Gasteiger partial charge is 0.333 e. The second kappa shape index (κ2) is 25.2. The molecule has 0 spiro atoms. The third-order valence-corrected chi connectivity index (χ3v) is 19.9. The van der Waals surface area contributed by atoms with E-state index >= 15 is 0 Å². The molecule has 4 aliphatic heterocycles. The van der Waals surface area contributed by atoms with Gasteiger partial charge in [0.05, 0.1) is 54.9 Å². The van der Waals surface area contributed by atoms with Crippen LogP contribution in [0.5, 0.6) is 0 Å². The summed E-state index contributed by atoms with van der Waals surface area (Å²) in [6.07, 6.45) is -3.70. The summed E-state index contributed by atoms with van der Waals surface area (Å²) in [4.78, 5) is 26.7. The lowest BCUT2D eigenvalue weighted by Gasteiger charge is -2.63. The van der Waals surface area contributed by atoms with Crippen LogP contribution in [0.3, 0.4) is 0 Å². The van der Waals surface area contributed by atoms with Crippen LogP contribution in [0.4, 0.5) is 0 Å². The van der Waals surface area contributed by atoms with Crippen molar-refractivity contribution in [1.82, 2.24) is 0 Å². The van der Waals surface area contributed by atoms with Crippen LogP contribution in [-0.4, -0.2) is 194 Å². The highest BCUT2D eigenvalue weighted by Crippen LogP contribution is 2.69. The molecule has 20 nitrogen and oxygen atoms in total. The Hall–Kier alpha value is -2.48. The van der Waals surface area contributed by atoms with E-state index in [-0.39, 0.29) is 47.8 Å². The number of hydrogen-bond donors (Lipinski definition) is 5. The van der Waals surface area contributed by atoms with Crippen molar-refractivity contribution in [2.24, 2.45) is 28.6 Å². The average molecular weight is 1110 g/mol. The second-order valence-electron chi connectivity index (χ2n) is 24.0. The van der Waals surface area contributed by atoms with Crippen LogP contribution in [0.25, 0.3) is 0 Å². The molecule has 0 aromatic heterocycles. The summed E-state index contributed by atoms with van der Waals surface area (Å²) in [5, 5.41) is 54.1. The van der Waals surface area contributed by atoms with Gasteiger partial charge >= 0.3 is 11.9 Å². The average Bonchev–Trinajstić information content (AvgIpc) is 3.14. The molecule has 444 valence electrons. The number of carbonyl (C=O) groups is 2. The zero-order valence-corrected chi connectivity index (χ0v) is 48.1. The Labute approximate surface area is 460 Å². The number of ether oxygens (including phenoxy) is 13. The molecular formula is C58H92O20. The van der Waals surface area contributed by atoms with Crippen LogP contribution < -0.4 is 0 Å². The van der Waals surface area contributed by atoms with Gasteiger partial charge in [-0.05, 0) is 118 Å². The molecule has 4 heterocycles. The van der Waals surface area contributed by atoms with E-state index in [1.54, 1.807) is 54.1 Å². The topological polar surface area (TPSA) is 255 Å². The predicted molar refractivity (Wildman–Crippen MR) is 279 cm³/mol. The summed E-state index contributed by atoms with van der Waals surface area (Å²) in [5.41, 5.74) is 0.00670. The molecule has 5 N–H and O–H groups in total. The number of rotatable bonds is 17. The summed E-state index contributed by atoms with van der Waals surface area (Å²) in [7, 11) is 4.79. The first kappa shape index (κ1) is 61.6. The summed E-state index contributed by atoms with van der Waals surface area (Å²) in [6, 6.07) is 0. The predicted octanol–water partition coefficient (Wildman–Crippen LogP) is 4.86. The van der Waals surface area contributed by atoms with Crippen LogP contribution in [0.2, 0.25) is 0 Å². The molecule has 0 unspecified atom stereocenters. The number of esters is 2. The molecule has 26 atom stereocenters. The third kappa shape index (κ3) is 11.7. The highest BCUT2D eigenvalue weighted by atomic mass is 16.8. The van der Waals surface area contributed by atoms with Crippen molar-refractivity contribution in [1.29, 1.82) is 0 Å². The van der Waals surface area contributed by atoms with Gasteiger partial charge in [0.15, 0.2) is 25.2 Å². The molecule has 0 aromatic rings. The van der Waals surface area contributed by atoms with Gasteiger partial charge in [-0.25, -0.2) is 9.59 Å². The van der Waals surface area contributed by atoms with E-state index in [1.807, 2.05) is 27.7 Å². The van der Waals surface area contributed by atoms with Crippen molar-refractivity contribution in [3.05, 3.63) is 34.9 Å². The molecule has 0 aromatic carbocycles. The number of fused-ring (bicyclic) bond motifs is 5. The standard InChI is InChI=1S/C58H92O20/c1-14-28(3)53(63)72-30(5)36-19-21-58(65)37-17-16-34-22-35(18-20-56(34,9)38(37)23-43(57(36,58)10)75-54(64)29(4)15-2)73-44-24-39(66-11)50(31(6)69-44)76-45-25-40(67-12)51(32(7)70-45)77-46-26-41(68-13)52(33(8)71-46)78-55-49(62)48(61)47(60)42(27-59)74-55/h14-16,30-33,35-52,55,59-62,65H,17-27H2,1-13H3/b28-14+,29-15+/t30-,31+,32+,33+,35-,36+,37+,38-,39-,40-,41+,42+,43+,44-,45-,46-,47+,48-,49+,50-,51-,52+,55+,56-,57-,58-/m0/s1. The highest BCUT2D eigenvalue weighted by molar-refractivity contribution is 5.88. The van der Waals surface area contributed by atoms with Gasteiger partial charge in [-0.2, -0.15) is 0 Å². The maximum absolute atomic E-state index is 13.7. The Kier molecular flexibility index (Phi) is 19.9. The molecule has 78 heavy (non-hydrogen) atoms. The minimum atomic E-state index is -1.59. The van der Waals surface area contributed by atoms with Gasteiger partial charge in [0.25, 0.3) is 0 Å². The Morgan fingerprint density at radius 2 is 1.23 bits per heavy atom. The fourth-order valence-corrected chi connectivity index (χ4v) is 14.9. The van der Waals surface area contributed by atoms with Gasteiger partial charge in [-0.1, -0.05) is 37.6 Å². The maximum Gasteiger partial charge on any atom is 0.333 e. The summed E-state index contributed by atoms with van der Waals surface area (Å²) in [6.45, 7) is 18.4. The lowest BCUT2D eigenvalue weighted by Crippen LogP contribution is -2.67. The normalized spacial score (nSPS) is 47.5. The van der Waals surface area contributed by atoms with Crippen molar-refractivity contribution < 1.29 is 96.7 Å². The molecule has 0 bridgehead atoms. The van der Waals surface area contributed by atoms with Gasteiger partial charge in [0, 0.05) is 63.1 Å². The molecular weight excluding hydrogens is 1020 g/mol. The number of aliphatic hydroxyl groups excluding tert-OH is 4. The number of methoxy groups -OCH3 is 3. The molecule has 0 radical (unpaired) electrons. The Morgan fingerprint density at radius 1 is 0.705 bits per heavy atom. The SMILES string of the molecule is C/C=C(\C)C(=O)O[C@@H](C)[C@H]1CC[C@]2(O)[C@@H]3CC=C4C[C@@H](O[C@H]5C[C@H](OC)[C@@H](O[C@H]6C[C@H](OC)[C@@H](O[C@H]7C[C@@H](OC)[C@H](O[C@H]8O[C@H](CO)[C@@H](O)[C@H](O)[C@H]8O)[C@@H](C)O7)[C@@H](C)O6)[C@@H](C)O5)CC[C@]4(C)[C@H]3C[C@@H](OC(=O)/C(C)=C/C)[C@]12C. The van der Waals surface area contributed by atoms with Crippen molar-refractivity contribution in [2.75, 3.05) is 27.9 Å². The monoisotopic (exact) mass is 1110 g/mol. The van der Waals surface area contributed by atoms with E-state index in [9.17, 15) is 35.1 Å². The van der Waals surface area contributed by atoms with E-state index in [4.69, 9.17) is 61.6 Å². The van der Waals surface area contributed by atoms with E-state index in [1.165, 1.54) is 12.7 Å². The van der Waals surface area contributed by atoms with Gasteiger partial charge in [-0.15, -0.1) is 0 Å². The number of carbonyl (C=O) groups excluding carboxylic acids is 2. The Morgan fingerprint density at radius 3 is 1.76 bits per heavy atom. The van der Waals surface area contributed by atoms with Crippen LogP contribution in [0, 0.1) is 28.6 Å². The first-order chi connectivity index (χ1) is 37.0. The largest absolute Gasteiger partial charge is 0.459 e. The molecule has 8 rings (SSSR count). The van der Waals surface area contributed by atoms with Crippen LogP contribution >= 0.6 is 0 Å². The van der Waals surface area contributed by atoms with E-state index < -0.39 is 134 Å².